The van der Waals surface area contributed by atoms with Gasteiger partial charge in [-0.15, -0.1) is 0 Å². The van der Waals surface area contributed by atoms with Crippen molar-refractivity contribution in [2.24, 2.45) is 0 Å². The number of benzene rings is 2. The van der Waals surface area contributed by atoms with E-state index in [1.807, 2.05) is 24.3 Å². The number of nitriles is 1. The van der Waals surface area contributed by atoms with E-state index < -0.39 is 0 Å². The second-order valence-corrected chi connectivity index (χ2v) is 5.17. The summed E-state index contributed by atoms with van der Waals surface area (Å²) < 4.78 is 5.42. The lowest BCUT2D eigenvalue weighted by molar-refractivity contribution is -0.132. The Morgan fingerprint density at radius 1 is 1.23 bits per heavy atom. The third-order valence-electron chi connectivity index (χ3n) is 3.14. The van der Waals surface area contributed by atoms with E-state index in [9.17, 15) is 4.79 Å². The molecule has 2 aromatic rings. The summed E-state index contributed by atoms with van der Waals surface area (Å²) >= 11 is 6.08. The van der Waals surface area contributed by atoms with Crippen molar-refractivity contribution in [1.29, 1.82) is 5.26 Å². The highest BCUT2D eigenvalue weighted by Gasteiger charge is 2.11. The molecule has 0 saturated carbocycles. The van der Waals surface area contributed by atoms with E-state index in [2.05, 4.69) is 0 Å². The minimum Gasteiger partial charge on any atom is -0.484 e. The van der Waals surface area contributed by atoms with E-state index in [1.165, 1.54) is 0 Å². The molecule has 22 heavy (non-hydrogen) atoms. The zero-order valence-electron chi connectivity index (χ0n) is 12.1. The fourth-order valence-corrected chi connectivity index (χ4v) is 2.05. The minimum atomic E-state index is -0.149. The van der Waals surface area contributed by atoms with E-state index in [1.54, 1.807) is 42.3 Å². The van der Waals surface area contributed by atoms with Crippen molar-refractivity contribution < 1.29 is 9.53 Å². The van der Waals surface area contributed by atoms with E-state index >= 15 is 0 Å². The van der Waals surface area contributed by atoms with Crippen molar-refractivity contribution in [1.82, 2.24) is 4.90 Å². The molecule has 0 bridgehead atoms. The van der Waals surface area contributed by atoms with Gasteiger partial charge in [-0.05, 0) is 35.9 Å². The molecule has 112 valence electrons. The summed E-state index contributed by atoms with van der Waals surface area (Å²) in [7, 11) is 1.70. The molecule has 4 nitrogen and oxygen atoms in total. The molecule has 2 aromatic carbocycles. The molecule has 0 radical (unpaired) electrons. The summed E-state index contributed by atoms with van der Waals surface area (Å²) in [6.45, 7) is 0.363. The highest BCUT2D eigenvalue weighted by Crippen LogP contribution is 2.17. The number of amides is 1. The number of carbonyl (C=O) groups excluding carboxylic acids is 1. The molecule has 0 N–H and O–H groups in total. The van der Waals surface area contributed by atoms with Crippen molar-refractivity contribution in [3.63, 3.8) is 0 Å². The summed E-state index contributed by atoms with van der Waals surface area (Å²) in [4.78, 5) is 13.6. The molecular formula is C17H15ClN2O2. The molecule has 0 aliphatic heterocycles. The molecule has 0 fully saturated rings. The summed E-state index contributed by atoms with van der Waals surface area (Å²) in [6.07, 6.45) is 0. The van der Waals surface area contributed by atoms with Gasteiger partial charge in [0, 0.05) is 18.6 Å². The lowest BCUT2D eigenvalue weighted by atomic mass is 10.2. The first kappa shape index (κ1) is 15.9. The normalized spacial score (nSPS) is 9.86. The Morgan fingerprint density at radius 3 is 2.55 bits per heavy atom. The predicted molar refractivity (Wildman–Crippen MR) is 84.6 cm³/mol. The van der Waals surface area contributed by atoms with Crippen LogP contribution in [0.2, 0.25) is 5.02 Å². The first-order chi connectivity index (χ1) is 10.6. The first-order valence-corrected chi connectivity index (χ1v) is 7.08. The van der Waals surface area contributed by atoms with Gasteiger partial charge in [0.15, 0.2) is 6.61 Å². The molecule has 0 atom stereocenters. The van der Waals surface area contributed by atoms with Crippen LogP contribution in [-0.2, 0) is 11.3 Å². The van der Waals surface area contributed by atoms with Crippen LogP contribution in [0.4, 0.5) is 0 Å². The van der Waals surface area contributed by atoms with E-state index in [0.29, 0.717) is 22.9 Å². The van der Waals surface area contributed by atoms with Crippen LogP contribution < -0.4 is 4.74 Å². The van der Waals surface area contributed by atoms with Crippen molar-refractivity contribution in [3.05, 3.63) is 64.7 Å². The Bertz CT molecular complexity index is 693. The Hall–Kier alpha value is -2.51. The smallest absolute Gasteiger partial charge is 0.260 e. The number of hydrogen-bond acceptors (Lipinski definition) is 3. The molecule has 2 rings (SSSR count). The van der Waals surface area contributed by atoms with Crippen LogP contribution >= 0.6 is 11.6 Å². The molecule has 0 saturated heterocycles. The van der Waals surface area contributed by atoms with Crippen LogP contribution in [0.25, 0.3) is 0 Å². The maximum absolute atomic E-state index is 12.1. The first-order valence-electron chi connectivity index (χ1n) is 6.70. The monoisotopic (exact) mass is 314 g/mol. The number of carbonyl (C=O) groups is 1. The van der Waals surface area contributed by atoms with Gasteiger partial charge in [-0.3, -0.25) is 4.79 Å². The Labute approximate surface area is 134 Å². The molecule has 0 heterocycles. The number of halogens is 1. The van der Waals surface area contributed by atoms with Crippen LogP contribution in [0.1, 0.15) is 11.1 Å². The maximum Gasteiger partial charge on any atom is 0.260 e. The van der Waals surface area contributed by atoms with Crippen molar-refractivity contribution in [2.45, 2.75) is 6.54 Å². The summed E-state index contributed by atoms with van der Waals surface area (Å²) in [5, 5.41) is 9.35. The SMILES string of the molecule is CN(Cc1ccccc1Cl)C(=O)COc1ccc(C#N)cc1. The number of rotatable bonds is 5. The fourth-order valence-electron chi connectivity index (χ4n) is 1.85. The second kappa shape index (κ2) is 7.48. The Kier molecular flexibility index (Phi) is 5.40. The highest BCUT2D eigenvalue weighted by molar-refractivity contribution is 6.31. The summed E-state index contributed by atoms with van der Waals surface area (Å²) in [5.41, 5.74) is 1.44. The van der Waals surface area contributed by atoms with Crippen molar-refractivity contribution in [3.8, 4) is 11.8 Å². The largest absolute Gasteiger partial charge is 0.484 e. The standard InChI is InChI=1S/C17H15ClN2O2/c1-20(11-14-4-2-3-5-16(14)18)17(21)12-22-15-8-6-13(10-19)7-9-15/h2-9H,11-12H2,1H3. The van der Waals surface area contributed by atoms with Gasteiger partial charge in [0.1, 0.15) is 5.75 Å². The van der Waals surface area contributed by atoms with E-state index in [0.717, 1.165) is 5.56 Å². The van der Waals surface area contributed by atoms with Gasteiger partial charge < -0.3 is 9.64 Å². The van der Waals surface area contributed by atoms with Gasteiger partial charge in [0.05, 0.1) is 11.6 Å². The second-order valence-electron chi connectivity index (χ2n) is 4.77. The van der Waals surface area contributed by atoms with Crippen LogP contribution in [0, 0.1) is 11.3 Å². The summed E-state index contributed by atoms with van der Waals surface area (Å²) in [6, 6.07) is 16.1. The zero-order valence-corrected chi connectivity index (χ0v) is 12.9. The average Bonchev–Trinajstić information content (AvgIpc) is 2.55. The van der Waals surface area contributed by atoms with E-state index in [4.69, 9.17) is 21.6 Å². The predicted octanol–water partition coefficient (Wildman–Crippen LogP) is 3.25. The zero-order chi connectivity index (χ0) is 15.9. The van der Waals surface area contributed by atoms with Gasteiger partial charge in [-0.2, -0.15) is 5.26 Å². The fraction of sp³-hybridized carbons (Fsp3) is 0.176. The van der Waals surface area contributed by atoms with Crippen LogP contribution in [0.15, 0.2) is 48.5 Å². The third kappa shape index (κ3) is 4.24. The topological polar surface area (TPSA) is 53.3 Å². The van der Waals surface area contributed by atoms with Crippen LogP contribution in [0.5, 0.6) is 5.75 Å². The molecule has 0 aliphatic rings. The van der Waals surface area contributed by atoms with E-state index in [-0.39, 0.29) is 12.5 Å². The maximum atomic E-state index is 12.1. The minimum absolute atomic E-state index is 0.0626. The quantitative estimate of drug-likeness (QED) is 0.851. The lowest BCUT2D eigenvalue weighted by Crippen LogP contribution is -2.31. The lowest BCUT2D eigenvalue weighted by Gasteiger charge is -2.18. The number of hydrogen-bond donors (Lipinski definition) is 0. The molecular weight excluding hydrogens is 300 g/mol. The Balaban J connectivity index is 1.88. The molecule has 0 aliphatic carbocycles. The molecule has 5 heteroatoms. The van der Waals surface area contributed by atoms with Gasteiger partial charge in [-0.25, -0.2) is 0 Å². The number of likely N-dealkylation sites (N-methyl/N-ethyl adjacent to an activating group) is 1. The third-order valence-corrected chi connectivity index (χ3v) is 3.51. The summed E-state index contributed by atoms with van der Waals surface area (Å²) in [5.74, 6) is 0.405. The molecule has 0 aromatic heterocycles. The van der Waals surface area contributed by atoms with Crippen molar-refractivity contribution in [2.75, 3.05) is 13.7 Å². The average molecular weight is 315 g/mol. The van der Waals surface area contributed by atoms with Gasteiger partial charge >= 0.3 is 0 Å². The van der Waals surface area contributed by atoms with Crippen LogP contribution in [0.3, 0.4) is 0 Å². The molecule has 0 spiro atoms. The van der Waals surface area contributed by atoms with Gasteiger partial charge in [-0.1, -0.05) is 29.8 Å². The highest BCUT2D eigenvalue weighted by atomic mass is 35.5. The van der Waals surface area contributed by atoms with Gasteiger partial charge in [0.25, 0.3) is 5.91 Å². The molecule has 1 amide bonds. The number of nitrogens with zero attached hydrogens (tertiary/aromatic N) is 2. The molecule has 0 unspecified atom stereocenters. The number of ether oxygens (including phenoxy) is 1. The van der Waals surface area contributed by atoms with Crippen molar-refractivity contribution >= 4 is 17.5 Å². The van der Waals surface area contributed by atoms with Crippen LogP contribution in [-0.4, -0.2) is 24.5 Å². The van der Waals surface area contributed by atoms with Gasteiger partial charge in [0.2, 0.25) is 0 Å². The Morgan fingerprint density at radius 2 is 1.91 bits per heavy atom.